The van der Waals surface area contributed by atoms with E-state index in [0.717, 1.165) is 5.56 Å². The van der Waals surface area contributed by atoms with Crippen LogP contribution in [-0.4, -0.2) is 19.7 Å². The first kappa shape index (κ1) is 11.5. The molecule has 0 spiro atoms. The summed E-state index contributed by atoms with van der Waals surface area (Å²) in [5.74, 6) is 0.594. The summed E-state index contributed by atoms with van der Waals surface area (Å²) in [6.45, 7) is 1.87. The number of nitrogens with zero attached hydrogens (tertiary/aromatic N) is 3. The van der Waals surface area contributed by atoms with Gasteiger partial charge in [0.05, 0.1) is 4.92 Å². The Morgan fingerprint density at radius 1 is 1.53 bits per heavy atom. The summed E-state index contributed by atoms with van der Waals surface area (Å²) in [5, 5.41) is 17.5. The first-order valence-electron chi connectivity index (χ1n) is 4.87. The van der Waals surface area contributed by atoms with Crippen molar-refractivity contribution in [1.29, 1.82) is 0 Å². The Morgan fingerprint density at radius 3 is 2.76 bits per heavy atom. The first-order valence-corrected chi connectivity index (χ1v) is 5.28. The van der Waals surface area contributed by atoms with E-state index in [4.69, 9.17) is 12.2 Å². The molecule has 0 bridgehead atoms. The maximum absolute atomic E-state index is 10.7. The van der Waals surface area contributed by atoms with Gasteiger partial charge < -0.3 is 4.57 Å². The van der Waals surface area contributed by atoms with Gasteiger partial charge in [-0.25, -0.2) is 0 Å². The van der Waals surface area contributed by atoms with Crippen LogP contribution in [0.15, 0.2) is 18.2 Å². The van der Waals surface area contributed by atoms with Crippen molar-refractivity contribution in [2.24, 2.45) is 7.05 Å². The molecule has 0 aliphatic heterocycles. The van der Waals surface area contributed by atoms with E-state index in [2.05, 4.69) is 10.2 Å². The normalized spacial score (nSPS) is 10.5. The average molecular weight is 250 g/mol. The molecule has 1 aromatic heterocycles. The van der Waals surface area contributed by atoms with Crippen molar-refractivity contribution in [3.8, 4) is 11.4 Å². The molecule has 7 heteroatoms. The Balaban J connectivity index is 2.66. The molecule has 88 valence electrons. The molecule has 6 nitrogen and oxygen atoms in total. The number of nitrogens with one attached hydrogen (secondary N) is 1. The zero-order valence-corrected chi connectivity index (χ0v) is 10.1. The molecular weight excluding hydrogens is 240 g/mol. The number of non-ortho nitro benzene ring substituents is 1. The molecule has 0 fully saturated rings. The lowest BCUT2D eigenvalue weighted by Gasteiger charge is -2.04. The van der Waals surface area contributed by atoms with Crippen LogP contribution in [-0.2, 0) is 7.05 Å². The minimum atomic E-state index is -0.426. The van der Waals surface area contributed by atoms with Crippen molar-refractivity contribution >= 4 is 17.9 Å². The second-order valence-electron chi connectivity index (χ2n) is 3.67. The number of aryl methyl sites for hydroxylation is 1. The van der Waals surface area contributed by atoms with Gasteiger partial charge in [0.1, 0.15) is 0 Å². The molecule has 1 heterocycles. The van der Waals surface area contributed by atoms with Crippen LogP contribution in [0.2, 0.25) is 0 Å². The first-order chi connectivity index (χ1) is 8.00. The Hall–Kier alpha value is -2.02. The van der Waals surface area contributed by atoms with Crippen molar-refractivity contribution in [3.05, 3.63) is 38.6 Å². The lowest BCUT2D eigenvalue weighted by molar-refractivity contribution is -0.384. The minimum Gasteiger partial charge on any atom is -0.303 e. The van der Waals surface area contributed by atoms with Crippen LogP contribution in [0.1, 0.15) is 5.56 Å². The number of nitro groups is 1. The topological polar surface area (TPSA) is 76.8 Å². The summed E-state index contributed by atoms with van der Waals surface area (Å²) in [6.07, 6.45) is 0. The van der Waals surface area contributed by atoms with E-state index in [1.165, 1.54) is 12.1 Å². The van der Waals surface area contributed by atoms with E-state index >= 15 is 0 Å². The van der Waals surface area contributed by atoms with E-state index in [9.17, 15) is 10.1 Å². The van der Waals surface area contributed by atoms with Crippen LogP contribution in [0.3, 0.4) is 0 Å². The molecular formula is C10H10N4O2S. The van der Waals surface area contributed by atoms with Gasteiger partial charge in [0.2, 0.25) is 0 Å². The van der Waals surface area contributed by atoms with Gasteiger partial charge in [0, 0.05) is 24.7 Å². The lowest BCUT2D eigenvalue weighted by atomic mass is 10.1. The fourth-order valence-electron chi connectivity index (χ4n) is 1.55. The Kier molecular flexibility index (Phi) is 2.76. The SMILES string of the molecule is Cc1ccc([N+](=O)[O-])cc1-c1n[nH]c(=S)n1C. The van der Waals surface area contributed by atoms with Gasteiger partial charge in [0.15, 0.2) is 10.6 Å². The highest BCUT2D eigenvalue weighted by atomic mass is 32.1. The number of hydrogen-bond acceptors (Lipinski definition) is 4. The quantitative estimate of drug-likeness (QED) is 0.504. The standard InChI is InChI=1S/C10H10N4O2S/c1-6-3-4-7(14(15)16)5-8(6)9-11-12-10(17)13(9)2/h3-5H,1-2H3,(H,12,17). The molecule has 2 aromatic rings. The number of hydrogen-bond donors (Lipinski definition) is 1. The van der Waals surface area contributed by atoms with Gasteiger partial charge in [-0.05, 0) is 24.7 Å². The summed E-state index contributed by atoms with van der Waals surface area (Å²) < 4.78 is 2.16. The number of aromatic nitrogens is 3. The van der Waals surface area contributed by atoms with Gasteiger partial charge in [0.25, 0.3) is 5.69 Å². The van der Waals surface area contributed by atoms with Crippen molar-refractivity contribution in [1.82, 2.24) is 14.8 Å². The predicted molar refractivity (Wildman–Crippen MR) is 65.2 cm³/mol. The van der Waals surface area contributed by atoms with Gasteiger partial charge in [-0.3, -0.25) is 15.2 Å². The number of aromatic amines is 1. The van der Waals surface area contributed by atoms with Gasteiger partial charge >= 0.3 is 0 Å². The predicted octanol–water partition coefficient (Wildman–Crippen LogP) is 2.36. The van der Waals surface area contributed by atoms with E-state index in [1.807, 2.05) is 6.92 Å². The van der Waals surface area contributed by atoms with E-state index < -0.39 is 4.92 Å². The summed E-state index contributed by atoms with van der Waals surface area (Å²) in [4.78, 5) is 10.3. The number of benzene rings is 1. The summed E-state index contributed by atoms with van der Waals surface area (Å²) in [6, 6.07) is 4.67. The monoisotopic (exact) mass is 250 g/mol. The zero-order valence-electron chi connectivity index (χ0n) is 9.30. The molecule has 0 aliphatic rings. The van der Waals surface area contributed by atoms with E-state index in [1.54, 1.807) is 17.7 Å². The number of nitro benzene ring substituents is 1. The smallest absolute Gasteiger partial charge is 0.270 e. The second kappa shape index (κ2) is 4.10. The van der Waals surface area contributed by atoms with Crippen LogP contribution < -0.4 is 0 Å². The number of rotatable bonds is 2. The summed E-state index contributed by atoms with van der Waals surface area (Å²) in [5.41, 5.74) is 1.65. The second-order valence-corrected chi connectivity index (χ2v) is 4.05. The van der Waals surface area contributed by atoms with Crippen molar-refractivity contribution in [2.45, 2.75) is 6.92 Å². The zero-order chi connectivity index (χ0) is 12.6. The molecule has 1 N–H and O–H groups in total. The minimum absolute atomic E-state index is 0.0412. The largest absolute Gasteiger partial charge is 0.303 e. The molecule has 1 aromatic carbocycles. The Bertz CT molecular complexity index is 644. The molecule has 0 atom stereocenters. The molecule has 0 saturated heterocycles. The average Bonchev–Trinajstić information content (AvgIpc) is 2.60. The van der Waals surface area contributed by atoms with Crippen LogP contribution in [0.25, 0.3) is 11.4 Å². The van der Waals surface area contributed by atoms with Crippen LogP contribution in [0, 0.1) is 21.8 Å². The van der Waals surface area contributed by atoms with Crippen molar-refractivity contribution in [3.63, 3.8) is 0 Å². The van der Waals surface area contributed by atoms with Crippen LogP contribution in [0.4, 0.5) is 5.69 Å². The number of H-pyrrole nitrogens is 1. The lowest BCUT2D eigenvalue weighted by Crippen LogP contribution is -1.96. The van der Waals surface area contributed by atoms with Crippen molar-refractivity contribution in [2.75, 3.05) is 0 Å². The highest BCUT2D eigenvalue weighted by Gasteiger charge is 2.13. The van der Waals surface area contributed by atoms with Crippen LogP contribution in [0.5, 0.6) is 0 Å². The summed E-state index contributed by atoms with van der Waals surface area (Å²) in [7, 11) is 1.76. The molecule has 0 saturated carbocycles. The van der Waals surface area contributed by atoms with Crippen LogP contribution >= 0.6 is 12.2 Å². The van der Waals surface area contributed by atoms with Crippen molar-refractivity contribution < 1.29 is 4.92 Å². The summed E-state index contributed by atoms with van der Waals surface area (Å²) >= 11 is 5.01. The highest BCUT2D eigenvalue weighted by Crippen LogP contribution is 2.25. The molecule has 0 unspecified atom stereocenters. The maximum Gasteiger partial charge on any atom is 0.270 e. The van der Waals surface area contributed by atoms with Gasteiger partial charge in [-0.2, -0.15) is 5.10 Å². The fraction of sp³-hybridized carbons (Fsp3) is 0.200. The maximum atomic E-state index is 10.7. The Labute approximate surface area is 102 Å². The molecule has 0 aliphatic carbocycles. The Morgan fingerprint density at radius 2 is 2.24 bits per heavy atom. The van der Waals surface area contributed by atoms with E-state index in [-0.39, 0.29) is 5.69 Å². The third-order valence-corrected chi connectivity index (χ3v) is 2.92. The third-order valence-electron chi connectivity index (χ3n) is 2.55. The molecule has 0 amide bonds. The molecule has 2 rings (SSSR count). The van der Waals surface area contributed by atoms with Gasteiger partial charge in [-0.1, -0.05) is 6.07 Å². The third kappa shape index (κ3) is 1.96. The van der Waals surface area contributed by atoms with E-state index in [0.29, 0.717) is 16.2 Å². The highest BCUT2D eigenvalue weighted by molar-refractivity contribution is 7.71. The molecule has 0 radical (unpaired) electrons. The molecule has 17 heavy (non-hydrogen) atoms. The fourth-order valence-corrected chi connectivity index (χ4v) is 1.68. The van der Waals surface area contributed by atoms with Gasteiger partial charge in [-0.15, -0.1) is 0 Å².